The molecule has 1 aromatic heterocycles. The van der Waals surface area contributed by atoms with Crippen LogP contribution in [0.3, 0.4) is 0 Å². The highest BCUT2D eigenvalue weighted by molar-refractivity contribution is 6.05. The summed E-state index contributed by atoms with van der Waals surface area (Å²) in [5.74, 6) is -0.255. The fourth-order valence-electron chi connectivity index (χ4n) is 2.43. The van der Waals surface area contributed by atoms with E-state index in [-0.39, 0.29) is 12.5 Å². The number of hydrogen-bond donors (Lipinski definition) is 3. The van der Waals surface area contributed by atoms with Crippen molar-refractivity contribution in [2.45, 2.75) is 13.2 Å². The van der Waals surface area contributed by atoms with Gasteiger partial charge in [-0.05, 0) is 47.5 Å². The van der Waals surface area contributed by atoms with Gasteiger partial charge < -0.3 is 21.1 Å². The number of hydrogen-bond acceptors (Lipinski definition) is 5. The van der Waals surface area contributed by atoms with E-state index < -0.39 is 6.09 Å². The lowest BCUT2D eigenvalue weighted by atomic mass is 10.1. The van der Waals surface area contributed by atoms with Crippen LogP contribution in [0, 0.1) is 0 Å². The Labute approximate surface area is 162 Å². The molecule has 0 aliphatic rings. The maximum Gasteiger partial charge on any atom is 0.407 e. The van der Waals surface area contributed by atoms with Crippen molar-refractivity contribution in [2.75, 3.05) is 11.1 Å². The SMILES string of the molecule is Nc1ccccc1NC(=O)c1ccc(CNC(=O)OCc2ccncc2)cc1. The molecule has 0 saturated carbocycles. The van der Waals surface area contributed by atoms with E-state index in [1.165, 1.54) is 0 Å². The highest BCUT2D eigenvalue weighted by Crippen LogP contribution is 2.18. The first-order valence-electron chi connectivity index (χ1n) is 8.66. The normalized spacial score (nSPS) is 10.1. The Hall–Kier alpha value is -3.87. The summed E-state index contributed by atoms with van der Waals surface area (Å²) in [4.78, 5) is 28.0. The number of carbonyl (C=O) groups excluding carboxylic acids is 2. The van der Waals surface area contributed by atoms with Gasteiger partial charge in [0.25, 0.3) is 5.91 Å². The lowest BCUT2D eigenvalue weighted by molar-refractivity contribution is 0.102. The predicted octanol–water partition coefficient (Wildman–Crippen LogP) is 3.34. The van der Waals surface area contributed by atoms with Gasteiger partial charge in [-0.15, -0.1) is 0 Å². The van der Waals surface area contributed by atoms with Gasteiger partial charge in [0.2, 0.25) is 0 Å². The van der Waals surface area contributed by atoms with Crippen LogP contribution in [0.5, 0.6) is 0 Å². The van der Waals surface area contributed by atoms with Crippen molar-refractivity contribution in [1.82, 2.24) is 10.3 Å². The molecule has 0 unspecified atom stereocenters. The van der Waals surface area contributed by atoms with Crippen LogP contribution in [0.25, 0.3) is 0 Å². The lowest BCUT2D eigenvalue weighted by Gasteiger charge is -2.09. The van der Waals surface area contributed by atoms with Crippen molar-refractivity contribution in [3.8, 4) is 0 Å². The first-order valence-corrected chi connectivity index (χ1v) is 8.66. The minimum Gasteiger partial charge on any atom is -0.445 e. The third-order valence-corrected chi connectivity index (χ3v) is 3.98. The van der Waals surface area contributed by atoms with E-state index in [4.69, 9.17) is 10.5 Å². The first-order chi connectivity index (χ1) is 13.6. The number of aromatic nitrogens is 1. The number of carbonyl (C=O) groups is 2. The van der Waals surface area contributed by atoms with Crippen molar-refractivity contribution in [1.29, 1.82) is 0 Å². The Morgan fingerprint density at radius 2 is 1.64 bits per heavy atom. The van der Waals surface area contributed by atoms with Crippen LogP contribution in [-0.2, 0) is 17.9 Å². The fourth-order valence-corrected chi connectivity index (χ4v) is 2.43. The van der Waals surface area contributed by atoms with E-state index in [1.54, 1.807) is 73.1 Å². The molecule has 0 bridgehead atoms. The first kappa shape index (κ1) is 18.9. The van der Waals surface area contributed by atoms with Crippen LogP contribution >= 0.6 is 0 Å². The molecule has 0 spiro atoms. The van der Waals surface area contributed by atoms with Gasteiger partial charge in [-0.1, -0.05) is 24.3 Å². The summed E-state index contributed by atoms with van der Waals surface area (Å²) in [5, 5.41) is 5.44. The molecule has 0 aliphatic carbocycles. The van der Waals surface area contributed by atoms with Crippen LogP contribution in [-0.4, -0.2) is 17.0 Å². The molecule has 2 amide bonds. The highest BCUT2D eigenvalue weighted by atomic mass is 16.5. The van der Waals surface area contributed by atoms with Crippen LogP contribution < -0.4 is 16.4 Å². The van der Waals surface area contributed by atoms with Crippen LogP contribution in [0.2, 0.25) is 0 Å². The Bertz CT molecular complexity index is 943. The van der Waals surface area contributed by atoms with Crippen LogP contribution in [0.15, 0.2) is 73.1 Å². The second kappa shape index (κ2) is 9.18. The summed E-state index contributed by atoms with van der Waals surface area (Å²) in [6.45, 7) is 0.471. The molecule has 4 N–H and O–H groups in total. The number of pyridine rings is 1. The molecular formula is C21H20N4O3. The van der Waals surface area contributed by atoms with Crippen LogP contribution in [0.1, 0.15) is 21.5 Å². The number of ether oxygens (including phenoxy) is 1. The molecule has 0 saturated heterocycles. The number of nitrogens with one attached hydrogen (secondary N) is 2. The third kappa shape index (κ3) is 5.31. The number of para-hydroxylation sites is 2. The quantitative estimate of drug-likeness (QED) is 0.572. The van der Waals surface area contributed by atoms with Gasteiger partial charge in [0.1, 0.15) is 6.61 Å². The maximum atomic E-state index is 12.3. The molecule has 0 atom stereocenters. The zero-order chi connectivity index (χ0) is 19.8. The van der Waals surface area contributed by atoms with Crippen molar-refractivity contribution in [3.05, 3.63) is 89.7 Å². The monoisotopic (exact) mass is 376 g/mol. The standard InChI is InChI=1S/C21H20N4O3/c22-18-3-1-2-4-19(18)25-20(26)17-7-5-15(6-8-17)13-24-21(27)28-14-16-9-11-23-12-10-16/h1-12H,13-14,22H2,(H,24,27)(H,25,26). The molecule has 2 aromatic carbocycles. The van der Waals surface area contributed by atoms with E-state index in [9.17, 15) is 9.59 Å². The summed E-state index contributed by atoms with van der Waals surface area (Å²) >= 11 is 0. The molecule has 0 fully saturated rings. The van der Waals surface area contributed by atoms with Gasteiger partial charge in [0.05, 0.1) is 11.4 Å². The Morgan fingerprint density at radius 3 is 2.36 bits per heavy atom. The fraction of sp³-hybridized carbons (Fsp3) is 0.0952. The Kier molecular flexibility index (Phi) is 6.20. The average Bonchev–Trinajstić information content (AvgIpc) is 2.73. The summed E-state index contributed by atoms with van der Waals surface area (Å²) in [6, 6.07) is 17.5. The van der Waals surface area contributed by atoms with Crippen molar-refractivity contribution in [2.24, 2.45) is 0 Å². The largest absolute Gasteiger partial charge is 0.445 e. The van der Waals surface area contributed by atoms with Crippen molar-refractivity contribution in [3.63, 3.8) is 0 Å². The van der Waals surface area contributed by atoms with E-state index in [2.05, 4.69) is 15.6 Å². The van der Waals surface area contributed by atoms with E-state index >= 15 is 0 Å². The zero-order valence-electron chi connectivity index (χ0n) is 15.1. The summed E-state index contributed by atoms with van der Waals surface area (Å²) < 4.78 is 5.14. The second-order valence-electron chi connectivity index (χ2n) is 6.02. The number of alkyl carbamates (subject to hydrolysis) is 1. The topological polar surface area (TPSA) is 106 Å². The second-order valence-corrected chi connectivity index (χ2v) is 6.02. The number of rotatable bonds is 6. The molecular weight excluding hydrogens is 356 g/mol. The molecule has 7 heteroatoms. The zero-order valence-corrected chi connectivity index (χ0v) is 15.1. The molecule has 0 radical (unpaired) electrons. The van der Waals surface area contributed by atoms with Gasteiger partial charge in [0, 0.05) is 24.5 Å². The Balaban J connectivity index is 1.48. The molecule has 28 heavy (non-hydrogen) atoms. The summed E-state index contributed by atoms with van der Waals surface area (Å²) in [5.41, 5.74) is 9.10. The number of nitrogens with two attached hydrogens (primary N) is 1. The van der Waals surface area contributed by atoms with E-state index in [0.717, 1.165) is 11.1 Å². The minimum absolute atomic E-state index is 0.177. The molecule has 7 nitrogen and oxygen atoms in total. The van der Waals surface area contributed by atoms with Gasteiger partial charge >= 0.3 is 6.09 Å². The van der Waals surface area contributed by atoms with Crippen molar-refractivity contribution >= 4 is 23.4 Å². The van der Waals surface area contributed by atoms with E-state index in [1.807, 2.05) is 0 Å². The number of benzene rings is 2. The summed E-state index contributed by atoms with van der Waals surface area (Å²) in [6.07, 6.45) is 2.76. The van der Waals surface area contributed by atoms with Gasteiger partial charge in [0.15, 0.2) is 0 Å². The molecule has 3 aromatic rings. The van der Waals surface area contributed by atoms with Gasteiger partial charge in [-0.3, -0.25) is 9.78 Å². The number of nitrogen functional groups attached to an aromatic ring is 1. The van der Waals surface area contributed by atoms with Crippen molar-refractivity contribution < 1.29 is 14.3 Å². The lowest BCUT2D eigenvalue weighted by Crippen LogP contribution is -2.23. The summed E-state index contributed by atoms with van der Waals surface area (Å²) in [7, 11) is 0. The average molecular weight is 376 g/mol. The molecule has 0 aliphatic heterocycles. The smallest absolute Gasteiger partial charge is 0.407 e. The number of anilines is 2. The Morgan fingerprint density at radius 1 is 0.929 bits per heavy atom. The molecule has 3 rings (SSSR count). The van der Waals surface area contributed by atoms with Gasteiger partial charge in [-0.2, -0.15) is 0 Å². The van der Waals surface area contributed by atoms with E-state index in [0.29, 0.717) is 23.5 Å². The number of nitrogens with zero attached hydrogens (tertiary/aromatic N) is 1. The minimum atomic E-state index is -0.516. The van der Waals surface area contributed by atoms with Crippen LogP contribution in [0.4, 0.5) is 16.2 Å². The number of amides is 2. The van der Waals surface area contributed by atoms with Gasteiger partial charge in [-0.25, -0.2) is 4.79 Å². The molecule has 142 valence electrons. The highest BCUT2D eigenvalue weighted by Gasteiger charge is 2.08. The maximum absolute atomic E-state index is 12.3. The third-order valence-electron chi connectivity index (χ3n) is 3.98. The predicted molar refractivity (Wildman–Crippen MR) is 107 cm³/mol. The molecule has 1 heterocycles.